The van der Waals surface area contributed by atoms with Crippen LogP contribution < -0.4 is 4.72 Å². The van der Waals surface area contributed by atoms with Gasteiger partial charge in [0.15, 0.2) is 0 Å². The van der Waals surface area contributed by atoms with Gasteiger partial charge in [-0.3, -0.25) is 4.79 Å². The molecule has 0 aromatic carbocycles. The monoisotopic (exact) mass is 325 g/mol. The van der Waals surface area contributed by atoms with Gasteiger partial charge >= 0.3 is 0 Å². The fourth-order valence-electron chi connectivity index (χ4n) is 0.884. The number of hydrogen-bond acceptors (Lipinski definition) is 4. The van der Waals surface area contributed by atoms with Crippen LogP contribution in [0.2, 0.25) is 0 Å². The molecular weight excluding hydrogens is 314 g/mol. The summed E-state index contributed by atoms with van der Waals surface area (Å²) in [6, 6.07) is 3.15. The van der Waals surface area contributed by atoms with Crippen molar-refractivity contribution < 1.29 is 13.2 Å². The van der Waals surface area contributed by atoms with Crippen molar-refractivity contribution >= 4 is 43.1 Å². The van der Waals surface area contributed by atoms with Crippen LogP contribution in [0.25, 0.3) is 0 Å². The topological polar surface area (TPSA) is 63.2 Å². The van der Waals surface area contributed by atoms with Crippen LogP contribution in [0.5, 0.6) is 0 Å². The van der Waals surface area contributed by atoms with Gasteiger partial charge in [-0.05, 0) is 28.1 Å². The van der Waals surface area contributed by atoms with Crippen LogP contribution in [0.3, 0.4) is 0 Å². The Kier molecular flexibility index (Phi) is 4.66. The maximum absolute atomic E-state index is 11.7. The fourth-order valence-corrected chi connectivity index (χ4v) is 3.93. The highest BCUT2D eigenvalue weighted by Crippen LogP contribution is 2.25. The molecule has 0 amide bonds. The quantitative estimate of drug-likeness (QED) is 0.900. The Bertz CT molecular complexity index is 479. The zero-order valence-electron chi connectivity index (χ0n) is 8.86. The van der Waals surface area contributed by atoms with Gasteiger partial charge < -0.3 is 0 Å². The second-order valence-corrected chi connectivity index (χ2v) is 7.96. The molecule has 0 radical (unpaired) electrons. The highest BCUT2D eigenvalue weighted by atomic mass is 79.9. The Labute approximate surface area is 107 Å². The second kappa shape index (κ2) is 5.39. The molecule has 0 aliphatic carbocycles. The van der Waals surface area contributed by atoms with E-state index in [2.05, 4.69) is 20.7 Å². The van der Waals surface area contributed by atoms with Crippen molar-refractivity contribution in [2.75, 3.05) is 6.54 Å². The Balaban J connectivity index is 2.70. The number of carbonyl (C=O) groups excluding carboxylic acids is 1. The van der Waals surface area contributed by atoms with E-state index in [0.29, 0.717) is 0 Å². The molecule has 0 saturated carbocycles. The molecule has 0 bridgehead atoms. The third kappa shape index (κ3) is 3.65. The Morgan fingerprint density at radius 3 is 2.56 bits per heavy atom. The first-order valence-corrected chi connectivity index (χ1v) is 7.70. The summed E-state index contributed by atoms with van der Waals surface area (Å²) in [5, 5.41) is 0. The molecule has 4 nitrogen and oxygen atoms in total. The van der Waals surface area contributed by atoms with Crippen molar-refractivity contribution in [3.05, 3.63) is 15.9 Å². The minimum absolute atomic E-state index is 0.126. The molecule has 90 valence electrons. The summed E-state index contributed by atoms with van der Waals surface area (Å²) in [6.45, 7) is 3.31. The zero-order chi connectivity index (χ0) is 12.3. The predicted octanol–water partition coefficient (Wildman–Crippen LogP) is 2.01. The number of carbonyl (C=O) groups is 1. The van der Waals surface area contributed by atoms with E-state index in [1.54, 1.807) is 19.9 Å². The van der Waals surface area contributed by atoms with E-state index < -0.39 is 10.0 Å². The standard InChI is InChI=1S/C9H12BrNO3S2/c1-6(2)7(12)5-11-16(13,14)9-4-3-8(10)15-9/h3-4,6,11H,5H2,1-2H3. The van der Waals surface area contributed by atoms with E-state index in [1.807, 2.05) is 0 Å². The molecule has 0 saturated heterocycles. The summed E-state index contributed by atoms with van der Waals surface area (Å²) >= 11 is 4.30. The molecule has 0 spiro atoms. The largest absolute Gasteiger partial charge is 0.298 e. The van der Waals surface area contributed by atoms with Crippen LogP contribution >= 0.6 is 27.3 Å². The van der Waals surface area contributed by atoms with Gasteiger partial charge in [-0.2, -0.15) is 0 Å². The molecular formula is C9H12BrNO3S2. The average molecular weight is 326 g/mol. The minimum Gasteiger partial charge on any atom is -0.298 e. The summed E-state index contributed by atoms with van der Waals surface area (Å²) in [4.78, 5) is 11.3. The third-order valence-corrected chi connectivity index (χ3v) is 5.41. The Hall–Kier alpha value is -0.240. The summed E-state index contributed by atoms with van der Waals surface area (Å²) in [5.74, 6) is -0.294. The van der Waals surface area contributed by atoms with Gasteiger partial charge in [0.1, 0.15) is 9.99 Å². The molecule has 1 aromatic heterocycles. The lowest BCUT2D eigenvalue weighted by Gasteiger charge is -2.05. The van der Waals surface area contributed by atoms with Crippen molar-refractivity contribution in [3.63, 3.8) is 0 Å². The van der Waals surface area contributed by atoms with Crippen LogP contribution in [-0.2, 0) is 14.8 Å². The van der Waals surface area contributed by atoms with Gasteiger partial charge in [0.2, 0.25) is 10.0 Å². The molecule has 7 heteroatoms. The van der Waals surface area contributed by atoms with Gasteiger partial charge in [-0.1, -0.05) is 13.8 Å². The average Bonchev–Trinajstić information content (AvgIpc) is 2.61. The maximum atomic E-state index is 11.7. The van der Waals surface area contributed by atoms with Crippen LogP contribution in [0, 0.1) is 5.92 Å². The number of ketones is 1. The Morgan fingerprint density at radius 2 is 2.12 bits per heavy atom. The van der Waals surface area contributed by atoms with Crippen molar-refractivity contribution in [3.8, 4) is 0 Å². The molecule has 16 heavy (non-hydrogen) atoms. The third-order valence-electron chi connectivity index (χ3n) is 1.89. The summed E-state index contributed by atoms with van der Waals surface area (Å²) in [5.41, 5.74) is 0. The van der Waals surface area contributed by atoms with E-state index in [0.717, 1.165) is 15.1 Å². The summed E-state index contributed by atoms with van der Waals surface area (Å²) < 4.78 is 26.6. The highest BCUT2D eigenvalue weighted by molar-refractivity contribution is 9.11. The lowest BCUT2D eigenvalue weighted by molar-refractivity contribution is -0.120. The van der Waals surface area contributed by atoms with E-state index in [4.69, 9.17) is 0 Å². The number of hydrogen-bond donors (Lipinski definition) is 1. The fraction of sp³-hybridized carbons (Fsp3) is 0.444. The van der Waals surface area contributed by atoms with Gasteiger partial charge in [0.05, 0.1) is 10.3 Å². The molecule has 1 aromatic rings. The molecule has 1 rings (SSSR count). The normalized spacial score (nSPS) is 12.0. The number of Topliss-reactive ketones (excluding diaryl/α,β-unsaturated/α-hetero) is 1. The first kappa shape index (κ1) is 13.8. The van der Waals surface area contributed by atoms with E-state index >= 15 is 0 Å². The van der Waals surface area contributed by atoms with Crippen LogP contribution in [0.4, 0.5) is 0 Å². The highest BCUT2D eigenvalue weighted by Gasteiger charge is 2.18. The van der Waals surface area contributed by atoms with Gasteiger partial charge in [0, 0.05) is 5.92 Å². The van der Waals surface area contributed by atoms with Crippen LogP contribution in [0.15, 0.2) is 20.1 Å². The maximum Gasteiger partial charge on any atom is 0.250 e. The SMILES string of the molecule is CC(C)C(=O)CNS(=O)(=O)c1ccc(Br)s1. The molecule has 0 fully saturated rings. The van der Waals surface area contributed by atoms with Crippen LogP contribution in [-0.4, -0.2) is 20.7 Å². The predicted molar refractivity (Wildman–Crippen MR) is 67.1 cm³/mol. The molecule has 0 aliphatic rings. The van der Waals surface area contributed by atoms with E-state index in [-0.39, 0.29) is 22.5 Å². The molecule has 0 unspecified atom stereocenters. The van der Waals surface area contributed by atoms with Crippen molar-refractivity contribution in [2.24, 2.45) is 5.92 Å². The van der Waals surface area contributed by atoms with Gasteiger partial charge in [0.25, 0.3) is 0 Å². The lowest BCUT2D eigenvalue weighted by Crippen LogP contribution is -2.31. The smallest absolute Gasteiger partial charge is 0.250 e. The van der Waals surface area contributed by atoms with Crippen LogP contribution in [0.1, 0.15) is 13.8 Å². The summed E-state index contributed by atoms with van der Waals surface area (Å²) in [7, 11) is -3.55. The molecule has 1 heterocycles. The van der Waals surface area contributed by atoms with E-state index in [1.165, 1.54) is 6.07 Å². The molecule has 0 aliphatic heterocycles. The number of nitrogens with one attached hydrogen (secondary N) is 1. The number of thiophene rings is 1. The number of halogens is 1. The first-order chi connectivity index (χ1) is 7.33. The summed E-state index contributed by atoms with van der Waals surface area (Å²) in [6.07, 6.45) is 0. The van der Waals surface area contributed by atoms with E-state index in [9.17, 15) is 13.2 Å². The van der Waals surface area contributed by atoms with Crippen molar-refractivity contribution in [1.29, 1.82) is 0 Å². The lowest BCUT2D eigenvalue weighted by atomic mass is 10.1. The zero-order valence-corrected chi connectivity index (χ0v) is 12.1. The molecule has 0 atom stereocenters. The Morgan fingerprint density at radius 1 is 1.50 bits per heavy atom. The molecule has 1 N–H and O–H groups in total. The van der Waals surface area contributed by atoms with Crippen molar-refractivity contribution in [1.82, 2.24) is 4.72 Å². The first-order valence-electron chi connectivity index (χ1n) is 4.60. The van der Waals surface area contributed by atoms with Gasteiger partial charge in [-0.15, -0.1) is 11.3 Å². The number of rotatable bonds is 5. The minimum atomic E-state index is -3.55. The van der Waals surface area contributed by atoms with Gasteiger partial charge in [-0.25, -0.2) is 13.1 Å². The number of sulfonamides is 1. The second-order valence-electron chi connectivity index (χ2n) is 3.50. The van der Waals surface area contributed by atoms with Crippen molar-refractivity contribution in [2.45, 2.75) is 18.1 Å².